The molecule has 0 aliphatic rings. The monoisotopic (exact) mass is 344 g/mol. The summed E-state index contributed by atoms with van der Waals surface area (Å²) in [6, 6.07) is 2.90. The van der Waals surface area contributed by atoms with Crippen LogP contribution in [0.4, 0.5) is 8.78 Å². The summed E-state index contributed by atoms with van der Waals surface area (Å²) in [5.74, 6) is 4.21. The summed E-state index contributed by atoms with van der Waals surface area (Å²) in [5.41, 5.74) is 2.40. The molecule has 0 aliphatic carbocycles. The summed E-state index contributed by atoms with van der Waals surface area (Å²) < 4.78 is 33.1. The molecule has 1 heterocycles. The SMILES string of the molecule is COc1cc(C(NN)c2c(F)ccc(Br)c2F)ncn1. The number of nitrogens with zero attached hydrogens (tertiary/aromatic N) is 2. The lowest BCUT2D eigenvalue weighted by Crippen LogP contribution is -2.31. The van der Waals surface area contributed by atoms with Crippen LogP contribution in [0.1, 0.15) is 17.3 Å². The first-order valence-electron chi connectivity index (χ1n) is 5.54. The molecule has 2 aromatic rings. The van der Waals surface area contributed by atoms with Gasteiger partial charge in [0.15, 0.2) is 0 Å². The third kappa shape index (κ3) is 2.77. The van der Waals surface area contributed by atoms with E-state index < -0.39 is 17.7 Å². The Morgan fingerprint density at radius 2 is 2.10 bits per heavy atom. The summed E-state index contributed by atoms with van der Waals surface area (Å²) in [6.07, 6.45) is 1.23. The lowest BCUT2D eigenvalue weighted by molar-refractivity contribution is 0.394. The topological polar surface area (TPSA) is 73.1 Å². The molecule has 8 heteroatoms. The molecule has 1 atom stereocenters. The summed E-state index contributed by atoms with van der Waals surface area (Å²) in [4.78, 5) is 7.80. The predicted octanol–water partition coefficient (Wildman–Crippen LogP) is 2.08. The van der Waals surface area contributed by atoms with Crippen LogP contribution in [0.15, 0.2) is 29.0 Å². The van der Waals surface area contributed by atoms with Gasteiger partial charge in [0, 0.05) is 11.6 Å². The molecule has 0 bridgehead atoms. The number of hydrazine groups is 1. The molecule has 20 heavy (non-hydrogen) atoms. The van der Waals surface area contributed by atoms with Crippen LogP contribution in [0.5, 0.6) is 5.88 Å². The number of hydrogen-bond acceptors (Lipinski definition) is 5. The quantitative estimate of drug-likeness (QED) is 0.504. The van der Waals surface area contributed by atoms with E-state index in [0.717, 1.165) is 6.07 Å². The second-order valence-corrected chi connectivity index (χ2v) is 4.70. The van der Waals surface area contributed by atoms with Crippen molar-refractivity contribution >= 4 is 15.9 Å². The van der Waals surface area contributed by atoms with Gasteiger partial charge in [-0.05, 0) is 28.1 Å². The van der Waals surface area contributed by atoms with Gasteiger partial charge in [0.1, 0.15) is 18.0 Å². The van der Waals surface area contributed by atoms with Gasteiger partial charge in [0.05, 0.1) is 23.3 Å². The van der Waals surface area contributed by atoms with Crippen molar-refractivity contribution in [2.75, 3.05) is 7.11 Å². The van der Waals surface area contributed by atoms with Crippen molar-refractivity contribution in [3.8, 4) is 5.88 Å². The molecule has 0 fully saturated rings. The molecule has 5 nitrogen and oxygen atoms in total. The molecular formula is C12H11BrF2N4O. The molecule has 1 unspecified atom stereocenters. The number of methoxy groups -OCH3 is 1. The van der Waals surface area contributed by atoms with E-state index in [1.807, 2.05) is 0 Å². The minimum atomic E-state index is -0.968. The van der Waals surface area contributed by atoms with Gasteiger partial charge in [-0.2, -0.15) is 0 Å². The molecule has 0 saturated carbocycles. The van der Waals surface area contributed by atoms with Crippen molar-refractivity contribution in [3.05, 3.63) is 51.9 Å². The maximum Gasteiger partial charge on any atom is 0.216 e. The second-order valence-electron chi connectivity index (χ2n) is 3.84. The summed E-state index contributed by atoms with van der Waals surface area (Å²) >= 11 is 3.01. The maximum atomic E-state index is 14.1. The van der Waals surface area contributed by atoms with Gasteiger partial charge in [-0.1, -0.05) is 0 Å². The fraction of sp³-hybridized carbons (Fsp3) is 0.167. The molecule has 106 valence electrons. The van der Waals surface area contributed by atoms with Gasteiger partial charge in [-0.25, -0.2) is 24.2 Å². The van der Waals surface area contributed by atoms with Crippen molar-refractivity contribution < 1.29 is 13.5 Å². The molecule has 0 radical (unpaired) electrons. The van der Waals surface area contributed by atoms with Gasteiger partial charge in [0.25, 0.3) is 0 Å². The Kier molecular flexibility index (Phi) is 4.58. The van der Waals surface area contributed by atoms with Gasteiger partial charge < -0.3 is 4.74 Å². The standard InChI is InChI=1S/C12H11BrF2N4O/c1-20-9-4-8(17-5-18-9)12(19-16)10-7(14)3-2-6(13)11(10)15/h2-5,12,19H,16H2,1H3. The van der Waals surface area contributed by atoms with Crippen LogP contribution in [0.3, 0.4) is 0 Å². The van der Waals surface area contributed by atoms with E-state index in [1.54, 1.807) is 0 Å². The normalized spacial score (nSPS) is 12.2. The van der Waals surface area contributed by atoms with Crippen molar-refractivity contribution in [3.63, 3.8) is 0 Å². The number of aromatic nitrogens is 2. The number of benzene rings is 1. The third-order valence-electron chi connectivity index (χ3n) is 2.70. The van der Waals surface area contributed by atoms with Crippen LogP contribution < -0.4 is 16.0 Å². The smallest absolute Gasteiger partial charge is 0.216 e. The number of nitrogens with one attached hydrogen (secondary N) is 1. The number of hydrogen-bond donors (Lipinski definition) is 2. The Hall–Kier alpha value is -1.64. The Balaban J connectivity index is 2.55. The highest BCUT2D eigenvalue weighted by Gasteiger charge is 2.24. The molecule has 3 N–H and O–H groups in total. The summed E-state index contributed by atoms with van der Waals surface area (Å²) in [6.45, 7) is 0. The Labute approximate surface area is 122 Å². The molecular weight excluding hydrogens is 334 g/mol. The minimum Gasteiger partial charge on any atom is -0.481 e. The number of rotatable bonds is 4. The van der Waals surface area contributed by atoms with E-state index in [4.69, 9.17) is 10.6 Å². The van der Waals surface area contributed by atoms with Crippen LogP contribution in [-0.2, 0) is 0 Å². The molecule has 0 amide bonds. The number of nitrogens with two attached hydrogens (primary N) is 1. The zero-order chi connectivity index (χ0) is 14.7. The Morgan fingerprint density at radius 1 is 1.35 bits per heavy atom. The third-order valence-corrected chi connectivity index (χ3v) is 3.32. The van der Waals surface area contributed by atoms with Crippen molar-refractivity contribution in [2.24, 2.45) is 5.84 Å². The summed E-state index contributed by atoms with van der Waals surface area (Å²) in [5, 5.41) is 0. The predicted molar refractivity (Wildman–Crippen MR) is 71.8 cm³/mol. The Bertz CT molecular complexity index is 626. The maximum absolute atomic E-state index is 14.1. The molecule has 1 aromatic carbocycles. The highest BCUT2D eigenvalue weighted by Crippen LogP contribution is 2.30. The fourth-order valence-corrected chi connectivity index (χ4v) is 2.09. The van der Waals surface area contributed by atoms with Crippen molar-refractivity contribution in [2.45, 2.75) is 6.04 Å². The molecule has 0 saturated heterocycles. The van der Waals surface area contributed by atoms with Crippen molar-refractivity contribution in [1.29, 1.82) is 0 Å². The van der Waals surface area contributed by atoms with Crippen LogP contribution in [0.2, 0.25) is 0 Å². The first-order valence-corrected chi connectivity index (χ1v) is 6.33. The average Bonchev–Trinajstić information content (AvgIpc) is 2.47. The van der Waals surface area contributed by atoms with E-state index in [9.17, 15) is 8.78 Å². The van der Waals surface area contributed by atoms with E-state index in [2.05, 4.69) is 31.3 Å². The van der Waals surface area contributed by atoms with Crippen LogP contribution in [0, 0.1) is 11.6 Å². The average molecular weight is 345 g/mol. The van der Waals surface area contributed by atoms with E-state index in [0.29, 0.717) is 0 Å². The zero-order valence-electron chi connectivity index (χ0n) is 10.4. The summed E-state index contributed by atoms with van der Waals surface area (Å²) in [7, 11) is 1.43. The van der Waals surface area contributed by atoms with E-state index >= 15 is 0 Å². The highest BCUT2D eigenvalue weighted by atomic mass is 79.9. The van der Waals surface area contributed by atoms with Crippen LogP contribution in [-0.4, -0.2) is 17.1 Å². The van der Waals surface area contributed by atoms with Crippen LogP contribution >= 0.6 is 15.9 Å². The molecule has 2 rings (SSSR count). The van der Waals surface area contributed by atoms with E-state index in [1.165, 1.54) is 25.6 Å². The zero-order valence-corrected chi connectivity index (χ0v) is 12.0. The number of ether oxygens (including phenoxy) is 1. The lowest BCUT2D eigenvalue weighted by atomic mass is 10.0. The highest BCUT2D eigenvalue weighted by molar-refractivity contribution is 9.10. The first kappa shape index (κ1) is 14.8. The molecule has 1 aromatic heterocycles. The molecule has 0 aliphatic heterocycles. The number of halogens is 3. The van der Waals surface area contributed by atoms with E-state index in [-0.39, 0.29) is 21.6 Å². The second kappa shape index (κ2) is 6.21. The van der Waals surface area contributed by atoms with Crippen molar-refractivity contribution in [1.82, 2.24) is 15.4 Å². The lowest BCUT2D eigenvalue weighted by Gasteiger charge is -2.18. The first-order chi connectivity index (χ1) is 9.58. The van der Waals surface area contributed by atoms with Gasteiger partial charge >= 0.3 is 0 Å². The van der Waals surface area contributed by atoms with Crippen LogP contribution in [0.25, 0.3) is 0 Å². The molecule has 0 spiro atoms. The Morgan fingerprint density at radius 3 is 2.75 bits per heavy atom. The van der Waals surface area contributed by atoms with Gasteiger partial charge in [-0.3, -0.25) is 5.84 Å². The largest absolute Gasteiger partial charge is 0.481 e. The minimum absolute atomic E-state index is 0.134. The van der Waals surface area contributed by atoms with Gasteiger partial charge in [-0.15, -0.1) is 0 Å². The van der Waals surface area contributed by atoms with Gasteiger partial charge in [0.2, 0.25) is 5.88 Å². The fourth-order valence-electron chi connectivity index (χ4n) is 1.75.